The fourth-order valence-corrected chi connectivity index (χ4v) is 9.19. The number of rotatable bonds is 7. The molecule has 0 heterocycles. The molecule has 194 valence electrons. The van der Waals surface area contributed by atoms with Gasteiger partial charge in [-0.3, -0.25) is 9.35 Å². The van der Waals surface area contributed by atoms with Crippen LogP contribution < -0.4 is 0 Å². The van der Waals surface area contributed by atoms with E-state index in [9.17, 15) is 18.3 Å². The Bertz CT molecular complexity index is 941. The van der Waals surface area contributed by atoms with Crippen LogP contribution in [0.5, 0.6) is 0 Å². The first-order valence-electron chi connectivity index (χ1n) is 13.3. The summed E-state index contributed by atoms with van der Waals surface area (Å²) in [6.07, 6.45) is 10.5. The Morgan fingerprint density at radius 2 is 1.76 bits per heavy atom. The third-order valence-corrected chi connectivity index (χ3v) is 11.0. The average Bonchev–Trinajstić information content (AvgIpc) is 3.05. The topological polar surface area (TPSA) is 101 Å². The summed E-state index contributed by atoms with van der Waals surface area (Å²) >= 11 is 0. The van der Waals surface area contributed by atoms with Gasteiger partial charge >= 0.3 is 10.4 Å². The molecule has 0 unspecified atom stereocenters. The smallest absolute Gasteiger partial charge is 0.364 e. The Balaban J connectivity index is 1.55. The fourth-order valence-electron chi connectivity index (χ4n) is 8.65. The molecule has 4 aliphatic carbocycles. The van der Waals surface area contributed by atoms with Crippen molar-refractivity contribution < 1.29 is 27.1 Å². The molecule has 0 aromatic rings. The molecule has 3 saturated carbocycles. The second kappa shape index (κ2) is 8.97. The van der Waals surface area contributed by atoms with Crippen molar-refractivity contribution in [3.8, 4) is 0 Å². The van der Waals surface area contributed by atoms with Gasteiger partial charge < -0.3 is 5.11 Å². The van der Waals surface area contributed by atoms with Gasteiger partial charge in [0.25, 0.3) is 0 Å². The van der Waals surface area contributed by atoms with Gasteiger partial charge in [0.15, 0.2) is 11.6 Å². The minimum Gasteiger partial charge on any atom is -0.364 e. The predicted octanol–water partition coefficient (Wildman–Crippen LogP) is 5.71. The SMILES string of the molecule is CC(C)CCC[C@@H](C)[C@H]1CC[C@H]2[C@@H]3C(=O)C=C4C[C@@](O)(OS(=O)(=O)O)CC[C@]4(C)[C@H]3CC[C@]12C. The lowest BCUT2D eigenvalue weighted by molar-refractivity contribution is -0.171. The summed E-state index contributed by atoms with van der Waals surface area (Å²) in [5.41, 5.74) is 0.714. The molecular formula is C27H44O6S. The lowest BCUT2D eigenvalue weighted by Crippen LogP contribution is -2.55. The van der Waals surface area contributed by atoms with Crippen LogP contribution in [0, 0.1) is 46.3 Å². The minimum absolute atomic E-state index is 0.00838. The van der Waals surface area contributed by atoms with E-state index in [1.165, 1.54) is 25.7 Å². The summed E-state index contributed by atoms with van der Waals surface area (Å²) in [6, 6.07) is 0. The Hall–Kier alpha value is -0.760. The van der Waals surface area contributed by atoms with Gasteiger partial charge in [0.05, 0.1) is 0 Å². The van der Waals surface area contributed by atoms with E-state index in [0.29, 0.717) is 24.2 Å². The summed E-state index contributed by atoms with van der Waals surface area (Å²) in [5, 5.41) is 10.7. The first-order valence-corrected chi connectivity index (χ1v) is 14.7. The number of aliphatic hydroxyl groups is 1. The monoisotopic (exact) mass is 496 g/mol. The van der Waals surface area contributed by atoms with Gasteiger partial charge in [-0.25, -0.2) is 4.18 Å². The molecule has 4 rings (SSSR count). The molecule has 0 saturated heterocycles. The van der Waals surface area contributed by atoms with Crippen LogP contribution in [-0.4, -0.2) is 29.6 Å². The number of hydrogen-bond acceptors (Lipinski definition) is 5. The van der Waals surface area contributed by atoms with Gasteiger partial charge in [0.2, 0.25) is 0 Å². The Labute approximate surface area is 205 Å². The van der Waals surface area contributed by atoms with Crippen molar-refractivity contribution in [2.45, 2.75) is 105 Å². The molecule has 34 heavy (non-hydrogen) atoms. The molecule has 2 N–H and O–H groups in total. The molecule has 0 bridgehead atoms. The predicted molar refractivity (Wildman–Crippen MR) is 131 cm³/mol. The van der Waals surface area contributed by atoms with Crippen LogP contribution in [-0.2, 0) is 19.4 Å². The van der Waals surface area contributed by atoms with E-state index in [0.717, 1.165) is 30.8 Å². The second-order valence-corrected chi connectivity index (χ2v) is 13.9. The minimum atomic E-state index is -4.78. The fraction of sp³-hybridized carbons (Fsp3) is 0.889. The molecular weight excluding hydrogens is 452 g/mol. The van der Waals surface area contributed by atoms with Crippen LogP contribution in [0.4, 0.5) is 0 Å². The quantitative estimate of drug-likeness (QED) is 0.346. The van der Waals surface area contributed by atoms with Crippen molar-refractivity contribution in [1.29, 1.82) is 0 Å². The molecule has 0 aliphatic heterocycles. The first-order chi connectivity index (χ1) is 15.7. The van der Waals surface area contributed by atoms with Gasteiger partial charge in [-0.05, 0) is 78.6 Å². The zero-order valence-electron chi connectivity index (χ0n) is 21.5. The van der Waals surface area contributed by atoms with Crippen LogP contribution in [0.1, 0.15) is 98.8 Å². The molecule has 3 fully saturated rings. The highest BCUT2D eigenvalue weighted by atomic mass is 32.3. The van der Waals surface area contributed by atoms with E-state index in [4.69, 9.17) is 4.55 Å². The zero-order valence-corrected chi connectivity index (χ0v) is 22.4. The Morgan fingerprint density at radius 1 is 1.06 bits per heavy atom. The third-order valence-electron chi connectivity index (χ3n) is 10.4. The maximum atomic E-state index is 13.6. The van der Waals surface area contributed by atoms with Gasteiger partial charge in [0, 0.05) is 18.8 Å². The number of hydrogen-bond donors (Lipinski definition) is 2. The van der Waals surface area contributed by atoms with E-state index in [2.05, 4.69) is 38.8 Å². The van der Waals surface area contributed by atoms with Crippen LogP contribution in [0.25, 0.3) is 0 Å². The molecule has 0 aromatic heterocycles. The normalized spacial score (nSPS) is 43.2. The maximum Gasteiger partial charge on any atom is 0.400 e. The highest BCUT2D eigenvalue weighted by Crippen LogP contribution is 2.67. The van der Waals surface area contributed by atoms with E-state index >= 15 is 0 Å². The summed E-state index contributed by atoms with van der Waals surface area (Å²) in [7, 11) is -4.78. The highest BCUT2D eigenvalue weighted by molar-refractivity contribution is 7.80. The molecule has 0 amide bonds. The summed E-state index contributed by atoms with van der Waals surface area (Å²) in [4.78, 5) is 13.6. The van der Waals surface area contributed by atoms with Crippen molar-refractivity contribution in [2.75, 3.05) is 0 Å². The molecule has 7 heteroatoms. The average molecular weight is 497 g/mol. The Kier molecular flexibility index (Phi) is 6.94. The number of fused-ring (bicyclic) bond motifs is 5. The first kappa shape index (κ1) is 26.3. The lowest BCUT2D eigenvalue weighted by atomic mass is 9.46. The summed E-state index contributed by atoms with van der Waals surface area (Å²) < 4.78 is 36.3. The van der Waals surface area contributed by atoms with Gasteiger partial charge in [-0.15, -0.1) is 0 Å². The summed E-state index contributed by atoms with van der Waals surface area (Å²) in [5.74, 6) is 0.839. The number of carbonyl (C=O) groups is 1. The third kappa shape index (κ3) is 4.67. The molecule has 6 nitrogen and oxygen atoms in total. The van der Waals surface area contributed by atoms with Crippen molar-refractivity contribution in [2.24, 2.45) is 46.3 Å². The highest BCUT2D eigenvalue weighted by Gasteiger charge is 2.62. The van der Waals surface area contributed by atoms with Crippen LogP contribution in [0.15, 0.2) is 11.6 Å². The second-order valence-electron chi connectivity index (χ2n) is 12.9. The van der Waals surface area contributed by atoms with Crippen molar-refractivity contribution in [3.63, 3.8) is 0 Å². The van der Waals surface area contributed by atoms with Gasteiger partial charge in [-0.1, -0.05) is 59.5 Å². The van der Waals surface area contributed by atoms with E-state index in [-0.39, 0.29) is 41.3 Å². The standard InChI is InChI=1S/C27H44O6S/c1-17(2)7-6-8-18(3)20-9-10-21-24-22(11-12-26(20,21)5)25(4)13-14-27(29,33-34(30,31)32)16-19(25)15-23(24)28/h15,17-18,20-22,24,29H,6-14,16H2,1-5H3,(H,30,31,32)/t18-,20-,21+,22+,24+,25+,26-,27+/m1/s1. The van der Waals surface area contributed by atoms with Crippen LogP contribution >= 0.6 is 0 Å². The van der Waals surface area contributed by atoms with E-state index in [1.807, 2.05) is 0 Å². The largest absolute Gasteiger partial charge is 0.400 e. The number of allylic oxidation sites excluding steroid dienone is 1. The van der Waals surface area contributed by atoms with E-state index < -0.39 is 16.2 Å². The number of carbonyl (C=O) groups excluding carboxylic acids is 1. The van der Waals surface area contributed by atoms with Crippen molar-refractivity contribution in [3.05, 3.63) is 11.6 Å². The maximum absolute atomic E-state index is 13.6. The summed E-state index contributed by atoms with van der Waals surface area (Å²) in [6.45, 7) is 11.6. The Morgan fingerprint density at radius 3 is 2.41 bits per heavy atom. The van der Waals surface area contributed by atoms with Gasteiger partial charge in [-0.2, -0.15) is 8.42 Å². The van der Waals surface area contributed by atoms with Crippen LogP contribution in [0.2, 0.25) is 0 Å². The molecule has 0 aromatic carbocycles. The molecule has 0 spiro atoms. The van der Waals surface area contributed by atoms with E-state index in [1.54, 1.807) is 6.08 Å². The van der Waals surface area contributed by atoms with Gasteiger partial charge in [0.1, 0.15) is 0 Å². The number of ketones is 1. The lowest BCUT2D eigenvalue weighted by Gasteiger charge is -2.58. The van der Waals surface area contributed by atoms with Crippen molar-refractivity contribution in [1.82, 2.24) is 0 Å². The molecule has 0 radical (unpaired) electrons. The molecule has 4 aliphatic rings. The molecule has 8 atom stereocenters. The van der Waals surface area contributed by atoms with Crippen LogP contribution in [0.3, 0.4) is 0 Å². The zero-order chi connectivity index (χ0) is 25.1. The van der Waals surface area contributed by atoms with Crippen molar-refractivity contribution >= 4 is 16.2 Å².